The maximum absolute atomic E-state index is 12.5. The van der Waals surface area contributed by atoms with E-state index in [1.54, 1.807) is 49.9 Å². The minimum Gasteiger partial charge on any atom is -0.453 e. The minimum atomic E-state index is -3.49. The number of likely N-dealkylation sites (tertiary alicyclic amines) is 1. The summed E-state index contributed by atoms with van der Waals surface area (Å²) in [4.78, 5) is 26.7. The first-order chi connectivity index (χ1) is 14.3. The lowest BCUT2D eigenvalue weighted by atomic mass is 10.1. The molecule has 1 fully saturated rings. The molecule has 1 aliphatic rings. The van der Waals surface area contributed by atoms with Gasteiger partial charge in [0.25, 0.3) is 5.91 Å². The van der Waals surface area contributed by atoms with Gasteiger partial charge >= 0.3 is 5.97 Å². The summed E-state index contributed by atoms with van der Waals surface area (Å²) in [5.74, 6) is -0.554. The second kappa shape index (κ2) is 11.5. The molecule has 0 bridgehead atoms. The summed E-state index contributed by atoms with van der Waals surface area (Å²) in [6.07, 6.45) is 4.03. The fourth-order valence-electron chi connectivity index (χ4n) is 3.64. The van der Waals surface area contributed by atoms with E-state index in [-0.39, 0.29) is 17.2 Å². The van der Waals surface area contributed by atoms with Gasteiger partial charge in [-0.2, -0.15) is 4.31 Å². The largest absolute Gasteiger partial charge is 0.453 e. The van der Waals surface area contributed by atoms with Crippen LogP contribution >= 0.6 is 0 Å². The predicted molar refractivity (Wildman–Crippen MR) is 115 cm³/mol. The van der Waals surface area contributed by atoms with Crippen LogP contribution in [0, 0.1) is 0 Å². The van der Waals surface area contributed by atoms with E-state index in [4.69, 9.17) is 4.74 Å². The Kier molecular flexibility index (Phi) is 9.30. The Hall–Kier alpha value is -1.93. The molecule has 1 amide bonds. The van der Waals surface area contributed by atoms with Crippen molar-refractivity contribution in [2.45, 2.75) is 70.3 Å². The summed E-state index contributed by atoms with van der Waals surface area (Å²) in [5.41, 5.74) is 0.844. The summed E-state index contributed by atoms with van der Waals surface area (Å²) in [7, 11) is -3.49. The van der Waals surface area contributed by atoms with Gasteiger partial charge in [0, 0.05) is 32.6 Å². The Bertz CT molecular complexity index is 795. The second-order valence-corrected chi connectivity index (χ2v) is 9.54. The van der Waals surface area contributed by atoms with E-state index in [0.717, 1.165) is 44.3 Å². The van der Waals surface area contributed by atoms with Crippen LogP contribution in [-0.2, 0) is 30.8 Å². The van der Waals surface area contributed by atoms with Crippen molar-refractivity contribution >= 4 is 21.9 Å². The summed E-state index contributed by atoms with van der Waals surface area (Å²) in [6.45, 7) is 7.52. The maximum Gasteiger partial charge on any atom is 0.306 e. The van der Waals surface area contributed by atoms with E-state index in [1.807, 2.05) is 0 Å². The molecule has 0 aliphatic carbocycles. The number of carbonyl (C=O) groups is 2. The zero-order valence-electron chi connectivity index (χ0n) is 18.3. The standard InChI is InChI=1S/C22H34N2O5S/c1-4-24(5-2)30(27,28)20-13-10-19(11-14-20)12-15-21(25)29-18(3)22(26)23-16-8-6-7-9-17-23/h10-11,13-14,18H,4-9,12,15-17H2,1-3H3. The fourth-order valence-corrected chi connectivity index (χ4v) is 5.10. The van der Waals surface area contributed by atoms with E-state index in [2.05, 4.69) is 0 Å². The number of nitrogens with zero attached hydrogens (tertiary/aromatic N) is 2. The number of ether oxygens (including phenoxy) is 1. The number of hydrogen-bond acceptors (Lipinski definition) is 5. The number of rotatable bonds is 9. The smallest absolute Gasteiger partial charge is 0.306 e. The van der Waals surface area contributed by atoms with Crippen LogP contribution in [0.25, 0.3) is 0 Å². The molecule has 1 atom stereocenters. The molecule has 1 saturated heterocycles. The minimum absolute atomic E-state index is 0.129. The monoisotopic (exact) mass is 438 g/mol. The Morgan fingerprint density at radius 1 is 1.03 bits per heavy atom. The van der Waals surface area contributed by atoms with Crippen LogP contribution < -0.4 is 0 Å². The lowest BCUT2D eigenvalue weighted by Gasteiger charge is -2.24. The van der Waals surface area contributed by atoms with Gasteiger partial charge in [0.15, 0.2) is 6.10 Å². The van der Waals surface area contributed by atoms with Crippen LogP contribution in [-0.4, -0.2) is 61.8 Å². The van der Waals surface area contributed by atoms with E-state index in [1.165, 1.54) is 4.31 Å². The van der Waals surface area contributed by atoms with Crippen molar-refractivity contribution in [1.29, 1.82) is 0 Å². The molecule has 0 N–H and O–H groups in total. The first-order valence-corrected chi connectivity index (χ1v) is 12.3. The quantitative estimate of drug-likeness (QED) is 0.554. The number of esters is 1. The highest BCUT2D eigenvalue weighted by Crippen LogP contribution is 2.17. The third-order valence-corrected chi connectivity index (χ3v) is 7.52. The Morgan fingerprint density at radius 2 is 1.60 bits per heavy atom. The first-order valence-electron chi connectivity index (χ1n) is 10.9. The Balaban J connectivity index is 1.86. The summed E-state index contributed by atoms with van der Waals surface area (Å²) >= 11 is 0. The molecule has 0 radical (unpaired) electrons. The van der Waals surface area contributed by atoms with Gasteiger partial charge in [-0.05, 0) is 43.9 Å². The van der Waals surface area contributed by atoms with Crippen LogP contribution in [0.4, 0.5) is 0 Å². The molecule has 0 spiro atoms. The Morgan fingerprint density at radius 3 is 2.13 bits per heavy atom. The first kappa shape index (κ1) is 24.3. The molecule has 1 aliphatic heterocycles. The number of amides is 1. The molecule has 30 heavy (non-hydrogen) atoms. The number of carbonyl (C=O) groups excluding carboxylic acids is 2. The van der Waals surface area contributed by atoms with Gasteiger partial charge in [-0.1, -0.05) is 38.8 Å². The van der Waals surface area contributed by atoms with Crippen molar-refractivity contribution < 1.29 is 22.7 Å². The van der Waals surface area contributed by atoms with Gasteiger partial charge in [0.05, 0.1) is 4.90 Å². The van der Waals surface area contributed by atoms with Crippen molar-refractivity contribution in [2.24, 2.45) is 0 Å². The third kappa shape index (κ3) is 6.54. The molecule has 1 unspecified atom stereocenters. The topological polar surface area (TPSA) is 84.0 Å². The van der Waals surface area contributed by atoms with Crippen molar-refractivity contribution in [2.75, 3.05) is 26.2 Å². The number of hydrogen-bond donors (Lipinski definition) is 0. The van der Waals surface area contributed by atoms with Gasteiger partial charge in [-0.15, -0.1) is 0 Å². The van der Waals surface area contributed by atoms with E-state index < -0.39 is 22.1 Å². The van der Waals surface area contributed by atoms with Crippen molar-refractivity contribution in [3.63, 3.8) is 0 Å². The van der Waals surface area contributed by atoms with Crippen molar-refractivity contribution in [3.05, 3.63) is 29.8 Å². The number of aryl methyl sites for hydroxylation is 1. The molecule has 0 saturated carbocycles. The highest BCUT2D eigenvalue weighted by molar-refractivity contribution is 7.89. The van der Waals surface area contributed by atoms with Gasteiger partial charge in [0.2, 0.25) is 10.0 Å². The summed E-state index contributed by atoms with van der Waals surface area (Å²) < 4.78 is 31.8. The predicted octanol–water partition coefficient (Wildman–Crippen LogP) is 2.98. The van der Waals surface area contributed by atoms with E-state index >= 15 is 0 Å². The molecule has 1 aromatic carbocycles. The number of benzene rings is 1. The zero-order valence-corrected chi connectivity index (χ0v) is 19.1. The molecular formula is C22H34N2O5S. The van der Waals surface area contributed by atoms with Crippen LogP contribution in [0.5, 0.6) is 0 Å². The van der Waals surface area contributed by atoms with Crippen LogP contribution in [0.2, 0.25) is 0 Å². The lowest BCUT2D eigenvalue weighted by Crippen LogP contribution is -2.40. The molecule has 1 heterocycles. The molecule has 168 valence electrons. The SMILES string of the molecule is CCN(CC)S(=O)(=O)c1ccc(CCC(=O)OC(C)C(=O)N2CCCCCC2)cc1. The second-order valence-electron chi connectivity index (χ2n) is 7.60. The van der Waals surface area contributed by atoms with Crippen molar-refractivity contribution in [1.82, 2.24) is 9.21 Å². The van der Waals surface area contributed by atoms with Gasteiger partial charge in [-0.3, -0.25) is 9.59 Å². The molecular weight excluding hydrogens is 404 g/mol. The normalized spacial score (nSPS) is 16.2. The Labute approximate surface area is 180 Å². The van der Waals surface area contributed by atoms with E-state index in [9.17, 15) is 18.0 Å². The van der Waals surface area contributed by atoms with Crippen LogP contribution in [0.3, 0.4) is 0 Å². The van der Waals surface area contributed by atoms with Gasteiger partial charge < -0.3 is 9.64 Å². The highest BCUT2D eigenvalue weighted by atomic mass is 32.2. The summed E-state index contributed by atoms with van der Waals surface area (Å²) in [5, 5.41) is 0. The maximum atomic E-state index is 12.5. The average Bonchev–Trinajstić information content (AvgIpc) is 3.02. The average molecular weight is 439 g/mol. The zero-order chi connectivity index (χ0) is 22.1. The van der Waals surface area contributed by atoms with Crippen LogP contribution in [0.15, 0.2) is 29.2 Å². The molecule has 7 nitrogen and oxygen atoms in total. The summed E-state index contributed by atoms with van der Waals surface area (Å²) in [6, 6.07) is 6.57. The molecule has 1 aromatic rings. The van der Waals surface area contributed by atoms with E-state index in [0.29, 0.717) is 19.5 Å². The highest BCUT2D eigenvalue weighted by Gasteiger charge is 2.24. The molecule has 0 aromatic heterocycles. The lowest BCUT2D eigenvalue weighted by molar-refractivity contribution is -0.159. The number of sulfonamides is 1. The third-order valence-electron chi connectivity index (χ3n) is 5.46. The fraction of sp³-hybridized carbons (Fsp3) is 0.636. The molecule has 2 rings (SSSR count). The van der Waals surface area contributed by atoms with Crippen molar-refractivity contribution in [3.8, 4) is 0 Å². The molecule has 8 heteroatoms. The van der Waals surface area contributed by atoms with Crippen LogP contribution in [0.1, 0.15) is 58.4 Å². The van der Waals surface area contributed by atoms with Gasteiger partial charge in [0.1, 0.15) is 0 Å². The van der Waals surface area contributed by atoms with Gasteiger partial charge in [-0.25, -0.2) is 8.42 Å².